The molecule has 2 atom stereocenters. The largest absolute Gasteiger partial charge is 0.377 e. The zero-order valence-electron chi connectivity index (χ0n) is 11.3. The lowest BCUT2D eigenvalue weighted by atomic mass is 9.99. The summed E-state index contributed by atoms with van der Waals surface area (Å²) in [5.41, 5.74) is 1.19. The summed E-state index contributed by atoms with van der Waals surface area (Å²) in [6.07, 6.45) is 4.71. The van der Waals surface area contributed by atoms with Crippen LogP contribution in [0.25, 0.3) is 0 Å². The lowest BCUT2D eigenvalue weighted by molar-refractivity contribution is 0.0784. The zero-order chi connectivity index (χ0) is 13.7. The predicted molar refractivity (Wildman–Crippen MR) is 83.9 cm³/mol. The number of halogens is 2. The minimum absolute atomic E-state index is 0.325. The van der Waals surface area contributed by atoms with Gasteiger partial charge in [0.05, 0.1) is 6.10 Å². The third-order valence-electron chi connectivity index (χ3n) is 3.53. The van der Waals surface area contributed by atoms with Gasteiger partial charge in [-0.25, -0.2) is 0 Å². The SMILES string of the molecule is CCCNC(Cc1ccc(Br)cc1Cl)C1CCCO1. The number of ether oxygens (including phenoxy) is 1. The summed E-state index contributed by atoms with van der Waals surface area (Å²) in [6.45, 7) is 4.11. The third kappa shape index (κ3) is 4.45. The number of rotatable bonds is 6. The Bertz CT molecular complexity index is 407. The van der Waals surface area contributed by atoms with Gasteiger partial charge < -0.3 is 10.1 Å². The highest BCUT2D eigenvalue weighted by Crippen LogP contribution is 2.25. The molecule has 19 heavy (non-hydrogen) atoms. The van der Waals surface area contributed by atoms with Crippen molar-refractivity contribution in [2.24, 2.45) is 0 Å². The van der Waals surface area contributed by atoms with Crippen molar-refractivity contribution in [2.45, 2.75) is 44.8 Å². The molecular weight excluding hydrogens is 326 g/mol. The molecule has 1 aromatic carbocycles. The van der Waals surface area contributed by atoms with Crippen molar-refractivity contribution in [3.63, 3.8) is 0 Å². The second-order valence-electron chi connectivity index (χ2n) is 5.05. The Morgan fingerprint density at radius 1 is 1.53 bits per heavy atom. The van der Waals surface area contributed by atoms with Gasteiger partial charge in [0.2, 0.25) is 0 Å². The molecule has 0 saturated carbocycles. The molecule has 0 spiro atoms. The first-order chi connectivity index (χ1) is 9.20. The van der Waals surface area contributed by atoms with Crippen LogP contribution in [0.5, 0.6) is 0 Å². The Balaban J connectivity index is 2.05. The molecule has 2 unspecified atom stereocenters. The average molecular weight is 347 g/mol. The van der Waals surface area contributed by atoms with Gasteiger partial charge in [0, 0.05) is 22.1 Å². The van der Waals surface area contributed by atoms with E-state index in [1.807, 2.05) is 12.1 Å². The smallest absolute Gasteiger partial charge is 0.0732 e. The molecule has 106 valence electrons. The van der Waals surface area contributed by atoms with Crippen molar-refractivity contribution < 1.29 is 4.74 Å². The molecule has 0 bridgehead atoms. The molecule has 4 heteroatoms. The van der Waals surface area contributed by atoms with Gasteiger partial charge in [0.1, 0.15) is 0 Å². The van der Waals surface area contributed by atoms with Gasteiger partial charge in [-0.2, -0.15) is 0 Å². The van der Waals surface area contributed by atoms with E-state index < -0.39 is 0 Å². The van der Waals surface area contributed by atoms with Crippen LogP contribution in [0, 0.1) is 0 Å². The van der Waals surface area contributed by atoms with Crippen molar-refractivity contribution in [1.29, 1.82) is 0 Å². The molecule has 0 amide bonds. The number of hydrogen-bond acceptors (Lipinski definition) is 2. The van der Waals surface area contributed by atoms with Crippen molar-refractivity contribution in [1.82, 2.24) is 5.32 Å². The number of hydrogen-bond donors (Lipinski definition) is 1. The van der Waals surface area contributed by atoms with E-state index in [1.54, 1.807) is 0 Å². The third-order valence-corrected chi connectivity index (χ3v) is 4.37. The summed E-state index contributed by atoms with van der Waals surface area (Å²) in [5.74, 6) is 0. The molecular formula is C15H21BrClNO. The molecule has 0 aromatic heterocycles. The Morgan fingerprint density at radius 3 is 3.00 bits per heavy atom. The van der Waals surface area contributed by atoms with Crippen molar-refractivity contribution >= 4 is 27.5 Å². The maximum Gasteiger partial charge on any atom is 0.0732 e. The fraction of sp³-hybridized carbons (Fsp3) is 0.600. The second kappa shape index (κ2) is 7.63. The van der Waals surface area contributed by atoms with E-state index >= 15 is 0 Å². The van der Waals surface area contributed by atoms with Crippen LogP contribution in [0.2, 0.25) is 5.02 Å². The summed E-state index contributed by atoms with van der Waals surface area (Å²) in [6, 6.07) is 6.47. The van der Waals surface area contributed by atoms with Crippen LogP contribution in [-0.2, 0) is 11.2 Å². The average Bonchev–Trinajstić information content (AvgIpc) is 2.90. The first-order valence-corrected chi connectivity index (χ1v) is 8.16. The van der Waals surface area contributed by atoms with E-state index in [-0.39, 0.29) is 0 Å². The van der Waals surface area contributed by atoms with E-state index in [1.165, 1.54) is 12.0 Å². The topological polar surface area (TPSA) is 21.3 Å². The molecule has 1 saturated heterocycles. The Hall–Kier alpha value is -0.0900. The number of nitrogens with one attached hydrogen (secondary N) is 1. The minimum atomic E-state index is 0.325. The molecule has 1 heterocycles. The van der Waals surface area contributed by atoms with Crippen molar-refractivity contribution in [3.8, 4) is 0 Å². The van der Waals surface area contributed by atoms with Gasteiger partial charge in [-0.15, -0.1) is 0 Å². The Labute approximate surface area is 129 Å². The maximum absolute atomic E-state index is 6.32. The van der Waals surface area contributed by atoms with Crippen LogP contribution in [0.3, 0.4) is 0 Å². The molecule has 1 aliphatic rings. The Morgan fingerprint density at radius 2 is 2.37 bits per heavy atom. The monoisotopic (exact) mass is 345 g/mol. The van der Waals surface area contributed by atoms with E-state index in [0.29, 0.717) is 12.1 Å². The van der Waals surface area contributed by atoms with Crippen LogP contribution in [0.15, 0.2) is 22.7 Å². The molecule has 1 fully saturated rings. The van der Waals surface area contributed by atoms with Crippen LogP contribution in [0.4, 0.5) is 0 Å². The summed E-state index contributed by atoms with van der Waals surface area (Å²) in [4.78, 5) is 0. The minimum Gasteiger partial charge on any atom is -0.377 e. The molecule has 1 aliphatic heterocycles. The molecule has 2 rings (SSSR count). The predicted octanol–water partition coefficient (Wildman–Crippen LogP) is 4.19. The summed E-state index contributed by atoms with van der Waals surface area (Å²) in [5, 5.41) is 4.44. The van der Waals surface area contributed by atoms with Gasteiger partial charge in [-0.1, -0.05) is 40.5 Å². The van der Waals surface area contributed by atoms with E-state index in [0.717, 1.165) is 41.9 Å². The van der Waals surface area contributed by atoms with Gasteiger partial charge in [-0.3, -0.25) is 0 Å². The number of benzene rings is 1. The molecule has 1 aromatic rings. The lowest BCUT2D eigenvalue weighted by Crippen LogP contribution is -2.41. The van der Waals surface area contributed by atoms with E-state index in [2.05, 4.69) is 34.2 Å². The first-order valence-electron chi connectivity index (χ1n) is 6.99. The van der Waals surface area contributed by atoms with Crippen molar-refractivity contribution in [2.75, 3.05) is 13.2 Å². The van der Waals surface area contributed by atoms with E-state index in [4.69, 9.17) is 16.3 Å². The summed E-state index contributed by atoms with van der Waals surface area (Å²) >= 11 is 9.76. The highest BCUT2D eigenvalue weighted by Gasteiger charge is 2.26. The maximum atomic E-state index is 6.32. The quantitative estimate of drug-likeness (QED) is 0.834. The van der Waals surface area contributed by atoms with Crippen LogP contribution in [-0.4, -0.2) is 25.3 Å². The molecule has 0 radical (unpaired) electrons. The van der Waals surface area contributed by atoms with Gasteiger partial charge in [0.15, 0.2) is 0 Å². The van der Waals surface area contributed by atoms with Crippen LogP contribution >= 0.6 is 27.5 Å². The fourth-order valence-electron chi connectivity index (χ4n) is 2.51. The summed E-state index contributed by atoms with van der Waals surface area (Å²) < 4.78 is 6.86. The molecule has 0 aliphatic carbocycles. The van der Waals surface area contributed by atoms with Gasteiger partial charge in [-0.05, 0) is 49.9 Å². The second-order valence-corrected chi connectivity index (χ2v) is 6.37. The highest BCUT2D eigenvalue weighted by atomic mass is 79.9. The highest BCUT2D eigenvalue weighted by molar-refractivity contribution is 9.10. The van der Waals surface area contributed by atoms with Gasteiger partial charge in [0.25, 0.3) is 0 Å². The fourth-order valence-corrected chi connectivity index (χ4v) is 3.26. The Kier molecular flexibility index (Phi) is 6.14. The van der Waals surface area contributed by atoms with E-state index in [9.17, 15) is 0 Å². The van der Waals surface area contributed by atoms with Crippen LogP contribution < -0.4 is 5.32 Å². The normalized spacial score (nSPS) is 20.7. The van der Waals surface area contributed by atoms with Crippen LogP contribution in [0.1, 0.15) is 31.7 Å². The van der Waals surface area contributed by atoms with Crippen molar-refractivity contribution in [3.05, 3.63) is 33.3 Å². The standard InChI is InChI=1S/C15H21BrClNO/c1-2-7-18-14(15-4-3-8-19-15)9-11-5-6-12(16)10-13(11)17/h5-6,10,14-15,18H,2-4,7-9H2,1H3. The zero-order valence-corrected chi connectivity index (χ0v) is 13.6. The van der Waals surface area contributed by atoms with Gasteiger partial charge >= 0.3 is 0 Å². The first kappa shape index (κ1) is 15.3. The summed E-state index contributed by atoms with van der Waals surface area (Å²) in [7, 11) is 0. The molecule has 2 nitrogen and oxygen atoms in total. The lowest BCUT2D eigenvalue weighted by Gasteiger charge is -2.24. The molecule has 1 N–H and O–H groups in total.